The summed E-state index contributed by atoms with van der Waals surface area (Å²) in [6.07, 6.45) is 3.90. The number of amides is 2. The lowest BCUT2D eigenvalue weighted by molar-refractivity contribution is -0.125. The number of nitrogens with zero attached hydrogens (tertiary/aromatic N) is 2. The number of benzene rings is 1. The number of aryl methyl sites for hydroxylation is 2. The van der Waals surface area contributed by atoms with Gasteiger partial charge in [0.15, 0.2) is 0 Å². The SMILES string of the molecule is Cc1ccc(/C=N/NC(=O)CCC(=O)N2CCCc3ccccc32)s1. The van der Waals surface area contributed by atoms with E-state index >= 15 is 0 Å². The number of hydrazone groups is 1. The average Bonchev–Trinajstić information content (AvgIpc) is 3.04. The third-order valence-corrected chi connectivity index (χ3v) is 5.05. The smallest absolute Gasteiger partial charge is 0.240 e. The van der Waals surface area contributed by atoms with E-state index in [0.29, 0.717) is 6.54 Å². The molecule has 6 heteroatoms. The van der Waals surface area contributed by atoms with Crippen LogP contribution in [0.3, 0.4) is 0 Å². The molecule has 1 aromatic heterocycles. The summed E-state index contributed by atoms with van der Waals surface area (Å²) in [5.41, 5.74) is 4.66. The summed E-state index contributed by atoms with van der Waals surface area (Å²) in [5, 5.41) is 3.94. The summed E-state index contributed by atoms with van der Waals surface area (Å²) >= 11 is 1.61. The Morgan fingerprint density at radius 3 is 2.88 bits per heavy atom. The zero-order valence-corrected chi connectivity index (χ0v) is 15.0. The van der Waals surface area contributed by atoms with E-state index in [4.69, 9.17) is 0 Å². The minimum absolute atomic E-state index is 0.0137. The van der Waals surface area contributed by atoms with Crippen molar-refractivity contribution in [1.29, 1.82) is 0 Å². The van der Waals surface area contributed by atoms with Crippen LogP contribution in [0, 0.1) is 6.92 Å². The second-order valence-corrected chi connectivity index (χ2v) is 7.34. The number of hydrogen-bond donors (Lipinski definition) is 1. The van der Waals surface area contributed by atoms with Crippen LogP contribution in [0.5, 0.6) is 0 Å². The molecular weight excluding hydrogens is 334 g/mol. The Morgan fingerprint density at radius 2 is 2.08 bits per heavy atom. The third-order valence-electron chi connectivity index (χ3n) is 4.12. The Morgan fingerprint density at radius 1 is 1.24 bits per heavy atom. The molecule has 0 atom stereocenters. The van der Waals surface area contributed by atoms with Gasteiger partial charge in [0.25, 0.3) is 0 Å². The molecule has 0 fully saturated rings. The fourth-order valence-corrected chi connectivity index (χ4v) is 3.64. The maximum absolute atomic E-state index is 12.5. The minimum Gasteiger partial charge on any atom is -0.312 e. The van der Waals surface area contributed by atoms with E-state index < -0.39 is 0 Å². The van der Waals surface area contributed by atoms with Crippen LogP contribution in [0.1, 0.15) is 34.6 Å². The fourth-order valence-electron chi connectivity index (χ4n) is 2.89. The number of carbonyl (C=O) groups excluding carboxylic acids is 2. The van der Waals surface area contributed by atoms with Gasteiger partial charge in [0, 0.05) is 34.8 Å². The molecule has 0 radical (unpaired) electrons. The highest BCUT2D eigenvalue weighted by atomic mass is 32.1. The molecule has 2 heterocycles. The van der Waals surface area contributed by atoms with E-state index in [1.54, 1.807) is 22.5 Å². The van der Waals surface area contributed by atoms with Gasteiger partial charge < -0.3 is 4.90 Å². The molecule has 1 N–H and O–H groups in total. The van der Waals surface area contributed by atoms with Gasteiger partial charge >= 0.3 is 0 Å². The van der Waals surface area contributed by atoms with Crippen LogP contribution in [-0.4, -0.2) is 24.6 Å². The lowest BCUT2D eigenvalue weighted by Gasteiger charge is -2.29. The summed E-state index contributed by atoms with van der Waals surface area (Å²) in [7, 11) is 0. The van der Waals surface area contributed by atoms with Crippen molar-refractivity contribution in [2.24, 2.45) is 5.10 Å². The van der Waals surface area contributed by atoms with Gasteiger partial charge in [-0.25, -0.2) is 5.43 Å². The highest BCUT2D eigenvalue weighted by molar-refractivity contribution is 7.13. The molecule has 3 rings (SSSR count). The number of rotatable bonds is 5. The Labute approximate surface area is 151 Å². The van der Waals surface area contributed by atoms with Crippen LogP contribution in [0.2, 0.25) is 0 Å². The highest BCUT2D eigenvalue weighted by Gasteiger charge is 2.22. The van der Waals surface area contributed by atoms with E-state index in [1.807, 2.05) is 37.3 Å². The molecule has 0 aliphatic carbocycles. The molecule has 0 spiro atoms. The highest BCUT2D eigenvalue weighted by Crippen LogP contribution is 2.27. The number of hydrogen-bond acceptors (Lipinski definition) is 4. The van der Waals surface area contributed by atoms with Gasteiger partial charge in [-0.3, -0.25) is 9.59 Å². The van der Waals surface area contributed by atoms with Gasteiger partial charge in [0.2, 0.25) is 11.8 Å². The Kier molecular flexibility index (Phi) is 5.60. The van der Waals surface area contributed by atoms with Gasteiger partial charge in [-0.05, 0) is 43.5 Å². The largest absolute Gasteiger partial charge is 0.312 e. The molecule has 0 bridgehead atoms. The first-order valence-electron chi connectivity index (χ1n) is 8.40. The normalized spacial score (nSPS) is 13.7. The standard InChI is InChI=1S/C19H21N3O2S/c1-14-8-9-16(25-14)13-20-21-18(23)10-11-19(24)22-12-4-6-15-5-2-3-7-17(15)22/h2-3,5,7-9,13H,4,6,10-12H2,1H3,(H,21,23)/b20-13+. The summed E-state index contributed by atoms with van der Waals surface area (Å²) in [6, 6.07) is 11.9. The van der Waals surface area contributed by atoms with Gasteiger partial charge in [-0.15, -0.1) is 11.3 Å². The topological polar surface area (TPSA) is 61.8 Å². The maximum Gasteiger partial charge on any atom is 0.240 e. The lowest BCUT2D eigenvalue weighted by atomic mass is 10.0. The average molecular weight is 355 g/mol. The van der Waals surface area contributed by atoms with Crippen molar-refractivity contribution in [2.45, 2.75) is 32.6 Å². The molecule has 130 valence electrons. The molecule has 0 saturated heterocycles. The number of para-hydroxylation sites is 1. The third kappa shape index (κ3) is 4.54. The predicted molar refractivity (Wildman–Crippen MR) is 101 cm³/mol. The second kappa shape index (κ2) is 8.07. The molecule has 5 nitrogen and oxygen atoms in total. The fraction of sp³-hybridized carbons (Fsp3) is 0.316. The van der Waals surface area contributed by atoms with E-state index in [1.165, 1.54) is 10.4 Å². The number of anilines is 1. The van der Waals surface area contributed by atoms with Crippen molar-refractivity contribution in [2.75, 3.05) is 11.4 Å². The van der Waals surface area contributed by atoms with Crippen molar-refractivity contribution in [3.63, 3.8) is 0 Å². The van der Waals surface area contributed by atoms with Gasteiger partial charge in [-0.2, -0.15) is 5.10 Å². The summed E-state index contributed by atoms with van der Waals surface area (Å²) in [5.74, 6) is -0.261. The molecule has 0 saturated carbocycles. The van der Waals surface area contributed by atoms with Crippen molar-refractivity contribution in [1.82, 2.24) is 5.43 Å². The molecule has 1 aromatic carbocycles. The van der Waals surface area contributed by atoms with Crippen LogP contribution < -0.4 is 10.3 Å². The lowest BCUT2D eigenvalue weighted by Crippen LogP contribution is -2.36. The quantitative estimate of drug-likeness (QED) is 0.661. The number of thiophene rings is 1. The molecule has 1 aliphatic heterocycles. The first-order valence-corrected chi connectivity index (χ1v) is 9.22. The van der Waals surface area contributed by atoms with Gasteiger partial charge in [-0.1, -0.05) is 18.2 Å². The van der Waals surface area contributed by atoms with E-state index in [-0.39, 0.29) is 24.7 Å². The van der Waals surface area contributed by atoms with Crippen LogP contribution >= 0.6 is 11.3 Å². The van der Waals surface area contributed by atoms with Crippen LogP contribution in [0.25, 0.3) is 0 Å². The molecule has 0 unspecified atom stereocenters. The van der Waals surface area contributed by atoms with Crippen molar-refractivity contribution in [3.8, 4) is 0 Å². The summed E-state index contributed by atoms with van der Waals surface area (Å²) in [6.45, 7) is 2.73. The van der Waals surface area contributed by atoms with E-state index in [0.717, 1.165) is 23.4 Å². The van der Waals surface area contributed by atoms with Crippen molar-refractivity contribution < 1.29 is 9.59 Å². The molecule has 1 aliphatic rings. The van der Waals surface area contributed by atoms with Crippen molar-refractivity contribution in [3.05, 3.63) is 51.7 Å². The Bertz CT molecular complexity index is 797. The number of fused-ring (bicyclic) bond motifs is 1. The first kappa shape index (κ1) is 17.4. The molecular formula is C19H21N3O2S. The minimum atomic E-state index is -0.247. The second-order valence-electron chi connectivity index (χ2n) is 6.02. The summed E-state index contributed by atoms with van der Waals surface area (Å²) < 4.78 is 0. The Balaban J connectivity index is 1.49. The van der Waals surface area contributed by atoms with Crippen LogP contribution in [-0.2, 0) is 16.0 Å². The van der Waals surface area contributed by atoms with Crippen LogP contribution in [0.15, 0.2) is 41.5 Å². The van der Waals surface area contributed by atoms with Gasteiger partial charge in [0.05, 0.1) is 6.21 Å². The van der Waals surface area contributed by atoms with Crippen molar-refractivity contribution >= 4 is 35.1 Å². The zero-order valence-electron chi connectivity index (χ0n) is 14.2. The van der Waals surface area contributed by atoms with E-state index in [9.17, 15) is 9.59 Å². The maximum atomic E-state index is 12.5. The number of nitrogens with one attached hydrogen (secondary N) is 1. The molecule has 2 aromatic rings. The number of carbonyl (C=O) groups is 2. The van der Waals surface area contributed by atoms with Gasteiger partial charge in [0.1, 0.15) is 0 Å². The van der Waals surface area contributed by atoms with Crippen LogP contribution in [0.4, 0.5) is 5.69 Å². The molecule has 25 heavy (non-hydrogen) atoms. The molecule has 2 amide bonds. The predicted octanol–water partition coefficient (Wildman–Crippen LogP) is 3.27. The monoisotopic (exact) mass is 355 g/mol. The first-order chi connectivity index (χ1) is 12.1. The summed E-state index contributed by atoms with van der Waals surface area (Å²) in [4.78, 5) is 28.3. The van der Waals surface area contributed by atoms with E-state index in [2.05, 4.69) is 16.6 Å². The Hall–Kier alpha value is -2.47. The zero-order chi connectivity index (χ0) is 17.6.